The second-order valence-corrected chi connectivity index (χ2v) is 14.2. The van der Waals surface area contributed by atoms with Crippen LogP contribution in [0.1, 0.15) is 156 Å². The summed E-state index contributed by atoms with van der Waals surface area (Å²) in [5, 5.41) is 0. The van der Waals surface area contributed by atoms with Crippen molar-refractivity contribution in [3.63, 3.8) is 0 Å². The quantitative estimate of drug-likeness (QED) is 0.0485. The van der Waals surface area contributed by atoms with Crippen LogP contribution in [-0.4, -0.2) is 48.0 Å². The minimum absolute atomic E-state index is 0.0158. The predicted octanol–water partition coefficient (Wildman–Crippen LogP) is 10.7. The fourth-order valence-electron chi connectivity index (χ4n) is 5.28. The lowest BCUT2D eigenvalue weighted by molar-refractivity contribution is -0.161. The molecule has 45 heavy (non-hydrogen) atoms. The SMILES string of the molecule is CCCCCCCCCCCCCCCCC(=O)OC[C@H](COP(OCc1ccccc1)N(C(C)C)C(C)C)OC(=O)CCC. The molecule has 0 aromatic heterocycles. The van der Waals surface area contributed by atoms with Crippen LogP contribution in [0.4, 0.5) is 0 Å². The van der Waals surface area contributed by atoms with Crippen LogP contribution >= 0.6 is 8.53 Å². The van der Waals surface area contributed by atoms with Crippen molar-refractivity contribution in [3.05, 3.63) is 35.9 Å². The molecule has 0 aliphatic carbocycles. The van der Waals surface area contributed by atoms with Crippen LogP contribution in [0, 0.1) is 0 Å². The monoisotopic (exact) mass is 651 g/mol. The summed E-state index contributed by atoms with van der Waals surface area (Å²) in [6.07, 6.45) is 18.5. The lowest BCUT2D eigenvalue weighted by atomic mass is 10.0. The van der Waals surface area contributed by atoms with Crippen molar-refractivity contribution in [1.29, 1.82) is 0 Å². The van der Waals surface area contributed by atoms with E-state index < -0.39 is 14.6 Å². The summed E-state index contributed by atoms with van der Waals surface area (Å²) in [5.41, 5.74) is 1.06. The second kappa shape index (κ2) is 27.6. The van der Waals surface area contributed by atoms with E-state index >= 15 is 0 Å². The number of rotatable bonds is 29. The fourth-order valence-corrected chi connectivity index (χ4v) is 6.93. The highest BCUT2D eigenvalue weighted by Crippen LogP contribution is 2.46. The lowest BCUT2D eigenvalue weighted by Crippen LogP contribution is -2.35. The largest absolute Gasteiger partial charge is 0.462 e. The Hall–Kier alpha value is -1.53. The third kappa shape index (κ3) is 21.8. The van der Waals surface area contributed by atoms with E-state index in [2.05, 4.69) is 39.3 Å². The third-order valence-electron chi connectivity index (χ3n) is 7.72. The van der Waals surface area contributed by atoms with Crippen molar-refractivity contribution in [2.24, 2.45) is 0 Å². The van der Waals surface area contributed by atoms with E-state index in [9.17, 15) is 9.59 Å². The molecule has 2 atom stereocenters. The molecule has 0 amide bonds. The summed E-state index contributed by atoms with van der Waals surface area (Å²) >= 11 is 0. The molecule has 1 unspecified atom stereocenters. The van der Waals surface area contributed by atoms with Crippen LogP contribution in [0.25, 0.3) is 0 Å². The Morgan fingerprint density at radius 3 is 1.69 bits per heavy atom. The van der Waals surface area contributed by atoms with Crippen LogP contribution < -0.4 is 0 Å². The van der Waals surface area contributed by atoms with Crippen molar-refractivity contribution in [2.45, 2.75) is 175 Å². The zero-order valence-corrected chi connectivity index (χ0v) is 30.5. The van der Waals surface area contributed by atoms with E-state index in [0.717, 1.165) is 24.8 Å². The van der Waals surface area contributed by atoms with E-state index in [1.54, 1.807) is 0 Å². The van der Waals surface area contributed by atoms with Gasteiger partial charge in [-0.25, -0.2) is 4.67 Å². The number of unbranched alkanes of at least 4 members (excludes halogenated alkanes) is 13. The Balaban J connectivity index is 2.45. The average Bonchev–Trinajstić information content (AvgIpc) is 3.01. The maximum atomic E-state index is 12.5. The summed E-state index contributed by atoms with van der Waals surface area (Å²) in [7, 11) is -1.44. The molecule has 0 fully saturated rings. The molecule has 0 radical (unpaired) electrons. The normalized spacial score (nSPS) is 13.0. The molecule has 0 N–H and O–H groups in total. The van der Waals surface area contributed by atoms with Crippen molar-refractivity contribution in [3.8, 4) is 0 Å². The Bertz CT molecular complexity index is 845. The molecule has 1 aromatic carbocycles. The van der Waals surface area contributed by atoms with Gasteiger partial charge in [0, 0.05) is 24.9 Å². The molecule has 0 bridgehead atoms. The van der Waals surface area contributed by atoms with Gasteiger partial charge in [0.2, 0.25) is 0 Å². The molecule has 0 heterocycles. The number of hydrogen-bond acceptors (Lipinski definition) is 7. The molecule has 0 spiro atoms. The number of carbonyl (C=O) groups is 2. The number of hydrogen-bond donors (Lipinski definition) is 0. The number of benzene rings is 1. The van der Waals surface area contributed by atoms with E-state index in [0.29, 0.717) is 25.9 Å². The summed E-state index contributed by atoms with van der Waals surface area (Å²) in [4.78, 5) is 24.9. The summed E-state index contributed by atoms with van der Waals surface area (Å²) in [5.74, 6) is -0.563. The topological polar surface area (TPSA) is 74.3 Å². The molecule has 1 aromatic rings. The first kappa shape index (κ1) is 41.5. The van der Waals surface area contributed by atoms with E-state index in [-0.39, 0.29) is 37.2 Å². The van der Waals surface area contributed by atoms with Gasteiger partial charge in [-0.3, -0.25) is 9.59 Å². The molecular formula is C37H66NO6P. The van der Waals surface area contributed by atoms with E-state index in [1.165, 1.54) is 70.6 Å². The molecule has 0 aliphatic heterocycles. The van der Waals surface area contributed by atoms with Crippen molar-refractivity contribution >= 4 is 20.5 Å². The van der Waals surface area contributed by atoms with Gasteiger partial charge in [-0.05, 0) is 46.1 Å². The molecule has 7 nitrogen and oxygen atoms in total. The Kier molecular flexibility index (Phi) is 25.4. The summed E-state index contributed by atoms with van der Waals surface area (Å²) < 4.78 is 26.1. The van der Waals surface area contributed by atoms with Gasteiger partial charge in [-0.1, -0.05) is 128 Å². The lowest BCUT2D eigenvalue weighted by Gasteiger charge is -2.36. The van der Waals surface area contributed by atoms with E-state index in [4.69, 9.17) is 18.5 Å². The van der Waals surface area contributed by atoms with Crippen molar-refractivity contribution in [1.82, 2.24) is 4.67 Å². The summed E-state index contributed by atoms with van der Waals surface area (Å²) in [6.45, 7) is 13.1. The highest BCUT2D eigenvalue weighted by molar-refractivity contribution is 7.44. The molecule has 0 saturated heterocycles. The predicted molar refractivity (Wildman–Crippen MR) is 187 cm³/mol. The zero-order chi connectivity index (χ0) is 33.1. The first-order chi connectivity index (χ1) is 21.8. The van der Waals surface area contributed by atoms with Gasteiger partial charge in [0.1, 0.15) is 6.61 Å². The smallest absolute Gasteiger partial charge is 0.306 e. The average molecular weight is 652 g/mol. The van der Waals surface area contributed by atoms with Gasteiger partial charge < -0.3 is 18.5 Å². The highest BCUT2D eigenvalue weighted by Gasteiger charge is 2.29. The van der Waals surface area contributed by atoms with Crippen molar-refractivity contribution < 1.29 is 28.1 Å². The van der Waals surface area contributed by atoms with Crippen molar-refractivity contribution in [2.75, 3.05) is 13.2 Å². The Labute approximate surface area is 277 Å². The number of carbonyl (C=O) groups excluding carboxylic acids is 2. The molecule has 8 heteroatoms. The minimum atomic E-state index is -1.44. The third-order valence-corrected chi connectivity index (χ3v) is 9.74. The van der Waals surface area contributed by atoms with Gasteiger partial charge in [-0.2, -0.15) is 0 Å². The maximum absolute atomic E-state index is 12.5. The first-order valence-corrected chi connectivity index (χ1v) is 19.1. The second-order valence-electron chi connectivity index (χ2n) is 12.8. The molecular weight excluding hydrogens is 585 g/mol. The number of ether oxygens (including phenoxy) is 2. The maximum Gasteiger partial charge on any atom is 0.306 e. The molecule has 1 rings (SSSR count). The van der Waals surface area contributed by atoms with Crippen LogP contribution in [0.3, 0.4) is 0 Å². The van der Waals surface area contributed by atoms with Crippen LogP contribution in [0.15, 0.2) is 30.3 Å². The zero-order valence-electron chi connectivity index (χ0n) is 29.6. The van der Waals surface area contributed by atoms with Crippen LogP contribution in [-0.2, 0) is 34.7 Å². The van der Waals surface area contributed by atoms with Gasteiger partial charge in [0.25, 0.3) is 8.53 Å². The van der Waals surface area contributed by atoms with Crippen LogP contribution in [0.5, 0.6) is 0 Å². The van der Waals surface area contributed by atoms with E-state index in [1.807, 2.05) is 37.3 Å². The molecule has 0 aliphatic rings. The van der Waals surface area contributed by atoms with Crippen LogP contribution in [0.2, 0.25) is 0 Å². The highest BCUT2D eigenvalue weighted by atomic mass is 31.2. The standard InChI is InChI=1S/C37H66NO6P/c1-7-9-10-11-12-13-14-15-16-17-18-19-20-24-28-36(39)41-30-35(44-37(40)25-8-2)31-43-45(38(32(3)4)33(5)6)42-29-34-26-22-21-23-27-34/h21-23,26-27,32-33,35H,7-20,24-25,28-31H2,1-6H3/t35-,45?/m1/s1. The Morgan fingerprint density at radius 1 is 0.644 bits per heavy atom. The minimum Gasteiger partial charge on any atom is -0.462 e. The number of esters is 2. The van der Waals surface area contributed by atoms with Gasteiger partial charge in [0.05, 0.1) is 13.2 Å². The van der Waals surface area contributed by atoms with Gasteiger partial charge in [-0.15, -0.1) is 0 Å². The summed E-state index contributed by atoms with van der Waals surface area (Å²) in [6, 6.07) is 10.4. The first-order valence-electron chi connectivity index (χ1n) is 18.0. The number of nitrogens with zero attached hydrogens (tertiary/aromatic N) is 1. The molecule has 0 saturated carbocycles. The molecule has 260 valence electrons. The Morgan fingerprint density at radius 2 is 1.18 bits per heavy atom. The van der Waals surface area contributed by atoms with Gasteiger partial charge in [0.15, 0.2) is 6.10 Å². The fraction of sp³-hybridized carbons (Fsp3) is 0.784. The van der Waals surface area contributed by atoms with Gasteiger partial charge >= 0.3 is 11.9 Å².